The fraction of sp³-hybridized carbons (Fsp3) is 0.129. The lowest BCUT2D eigenvalue weighted by molar-refractivity contribution is -0.122. The molecular formula is C31H25F3N4O2. The van der Waals surface area contributed by atoms with Crippen LogP contribution in [0.1, 0.15) is 33.2 Å². The molecule has 0 unspecified atom stereocenters. The van der Waals surface area contributed by atoms with Gasteiger partial charge in [-0.05, 0) is 78.4 Å². The van der Waals surface area contributed by atoms with Crippen molar-refractivity contribution in [1.29, 1.82) is 0 Å². The van der Waals surface area contributed by atoms with Crippen molar-refractivity contribution in [3.63, 3.8) is 0 Å². The number of aryl methyl sites for hydroxylation is 1. The van der Waals surface area contributed by atoms with Gasteiger partial charge in [0.2, 0.25) is 5.91 Å². The molecule has 0 radical (unpaired) electrons. The van der Waals surface area contributed by atoms with Crippen LogP contribution in [-0.4, -0.2) is 21.4 Å². The molecule has 2 heterocycles. The maximum absolute atomic E-state index is 14.2. The van der Waals surface area contributed by atoms with E-state index in [0.717, 1.165) is 28.6 Å². The fourth-order valence-corrected chi connectivity index (χ4v) is 4.85. The maximum Gasteiger partial charge on any atom is 0.251 e. The van der Waals surface area contributed by atoms with Gasteiger partial charge in [0.15, 0.2) is 0 Å². The van der Waals surface area contributed by atoms with Crippen LogP contribution in [0, 0.1) is 24.4 Å². The molecule has 9 heteroatoms. The second-order valence-electron chi connectivity index (χ2n) is 9.60. The highest BCUT2D eigenvalue weighted by atomic mass is 19.1. The topological polar surface area (TPSA) is 90.0 Å². The van der Waals surface area contributed by atoms with E-state index in [9.17, 15) is 22.8 Å². The molecule has 0 saturated carbocycles. The first-order valence-electron chi connectivity index (χ1n) is 12.5. The Bertz CT molecular complexity index is 1730. The molecule has 2 aromatic heterocycles. The van der Waals surface area contributed by atoms with Gasteiger partial charge in [0.25, 0.3) is 5.91 Å². The second-order valence-corrected chi connectivity index (χ2v) is 9.60. The number of benzene rings is 3. The molecule has 5 rings (SSSR count). The Morgan fingerprint density at radius 1 is 0.975 bits per heavy atom. The van der Waals surface area contributed by atoms with Crippen molar-refractivity contribution in [2.45, 2.75) is 25.9 Å². The van der Waals surface area contributed by atoms with Gasteiger partial charge < -0.3 is 15.6 Å². The number of nitrogens with zero attached hydrogens (tertiary/aromatic N) is 2. The smallest absolute Gasteiger partial charge is 0.251 e. The predicted octanol–water partition coefficient (Wildman–Crippen LogP) is 5.63. The van der Waals surface area contributed by atoms with Crippen molar-refractivity contribution in [1.82, 2.24) is 14.9 Å². The van der Waals surface area contributed by atoms with Gasteiger partial charge in [-0.25, -0.2) is 13.2 Å². The predicted molar refractivity (Wildman–Crippen MR) is 146 cm³/mol. The van der Waals surface area contributed by atoms with Crippen LogP contribution >= 0.6 is 0 Å². The van der Waals surface area contributed by atoms with E-state index in [0.29, 0.717) is 22.4 Å². The molecule has 0 aliphatic heterocycles. The lowest BCUT2D eigenvalue weighted by Crippen LogP contribution is -2.33. The molecule has 40 heavy (non-hydrogen) atoms. The minimum absolute atomic E-state index is 0.00882. The summed E-state index contributed by atoms with van der Waals surface area (Å²) in [6, 6.07) is 17.4. The van der Waals surface area contributed by atoms with Crippen LogP contribution in [0.15, 0.2) is 85.2 Å². The number of carbonyl (C=O) groups is 2. The minimum atomic E-state index is -0.931. The van der Waals surface area contributed by atoms with E-state index >= 15 is 0 Å². The van der Waals surface area contributed by atoms with Crippen LogP contribution in [0.4, 0.5) is 13.2 Å². The second kappa shape index (κ2) is 11.1. The molecule has 3 N–H and O–H groups in total. The summed E-state index contributed by atoms with van der Waals surface area (Å²) in [7, 11) is 0. The van der Waals surface area contributed by atoms with Crippen LogP contribution in [0.3, 0.4) is 0 Å². The van der Waals surface area contributed by atoms with Crippen molar-refractivity contribution < 1.29 is 22.8 Å². The van der Waals surface area contributed by atoms with Crippen LogP contribution in [0.2, 0.25) is 0 Å². The van der Waals surface area contributed by atoms with E-state index in [1.54, 1.807) is 12.1 Å². The summed E-state index contributed by atoms with van der Waals surface area (Å²) in [4.78, 5) is 29.6. The summed E-state index contributed by atoms with van der Waals surface area (Å²) < 4.78 is 44.1. The fourth-order valence-electron chi connectivity index (χ4n) is 4.85. The van der Waals surface area contributed by atoms with Crippen molar-refractivity contribution in [3.8, 4) is 11.1 Å². The van der Waals surface area contributed by atoms with Crippen molar-refractivity contribution in [3.05, 3.63) is 125 Å². The molecule has 0 saturated heterocycles. The van der Waals surface area contributed by atoms with E-state index in [1.165, 1.54) is 30.5 Å². The lowest BCUT2D eigenvalue weighted by atomic mass is 9.94. The van der Waals surface area contributed by atoms with Crippen molar-refractivity contribution >= 4 is 22.7 Å². The zero-order valence-electron chi connectivity index (χ0n) is 21.5. The largest absolute Gasteiger partial charge is 0.366 e. The Morgan fingerprint density at radius 3 is 2.50 bits per heavy atom. The summed E-state index contributed by atoms with van der Waals surface area (Å²) in [6.45, 7) is 1.98. The molecule has 0 spiro atoms. The highest BCUT2D eigenvalue weighted by Gasteiger charge is 2.23. The van der Waals surface area contributed by atoms with Gasteiger partial charge in [-0.2, -0.15) is 0 Å². The standard InChI is InChI=1S/C31H25F3N4O2/c1-18-4-7-28-21(11-18)8-10-38(28)17-29(39)37-27(14-19-12-22(32)16-23(33)13-19)30-24(3-2-9-36-30)20-5-6-26(34)25(15-20)31(35)40/h2-13,15-16,27H,14,17H2,1H3,(H2,35,40)(H,37,39)/t27-/m0/s1. The zero-order valence-corrected chi connectivity index (χ0v) is 21.5. The number of primary amides is 1. The number of hydrogen-bond donors (Lipinski definition) is 2. The van der Waals surface area contributed by atoms with Gasteiger partial charge in [0.1, 0.15) is 24.0 Å². The van der Waals surface area contributed by atoms with E-state index in [1.807, 2.05) is 42.0 Å². The normalized spacial score (nSPS) is 11.9. The van der Waals surface area contributed by atoms with E-state index in [-0.39, 0.29) is 24.4 Å². The van der Waals surface area contributed by atoms with Crippen molar-refractivity contribution in [2.24, 2.45) is 5.73 Å². The third-order valence-electron chi connectivity index (χ3n) is 6.65. The first kappa shape index (κ1) is 26.7. The SMILES string of the molecule is Cc1ccc2c(ccn2CC(=O)N[C@@H](Cc2cc(F)cc(F)c2)c2ncccc2-c2ccc(F)c(C(N)=O)c2)c1. The quantitative estimate of drug-likeness (QED) is 0.266. The van der Waals surface area contributed by atoms with E-state index in [4.69, 9.17) is 5.73 Å². The van der Waals surface area contributed by atoms with Crippen LogP contribution < -0.4 is 11.1 Å². The number of rotatable bonds is 8. The Hall–Kier alpha value is -4.92. The Morgan fingerprint density at radius 2 is 1.75 bits per heavy atom. The molecular weight excluding hydrogens is 517 g/mol. The molecule has 3 aromatic carbocycles. The maximum atomic E-state index is 14.2. The Balaban J connectivity index is 1.52. The Labute approximate surface area is 228 Å². The zero-order chi connectivity index (χ0) is 28.4. The number of nitrogens with one attached hydrogen (secondary N) is 1. The molecule has 0 bridgehead atoms. The lowest BCUT2D eigenvalue weighted by Gasteiger charge is -2.22. The van der Waals surface area contributed by atoms with Crippen molar-refractivity contribution in [2.75, 3.05) is 0 Å². The molecule has 1 atom stereocenters. The van der Waals surface area contributed by atoms with Gasteiger partial charge in [-0.1, -0.05) is 23.8 Å². The summed E-state index contributed by atoms with van der Waals surface area (Å²) in [5, 5.41) is 3.95. The van der Waals surface area contributed by atoms with Gasteiger partial charge >= 0.3 is 0 Å². The van der Waals surface area contributed by atoms with Gasteiger partial charge in [0.05, 0.1) is 17.3 Å². The third-order valence-corrected chi connectivity index (χ3v) is 6.65. The minimum Gasteiger partial charge on any atom is -0.366 e. The summed E-state index contributed by atoms with van der Waals surface area (Å²) in [5.74, 6) is -3.55. The van der Waals surface area contributed by atoms with E-state index < -0.39 is 29.4 Å². The molecule has 202 valence electrons. The van der Waals surface area contributed by atoms with Gasteiger partial charge in [0, 0.05) is 29.5 Å². The number of carbonyl (C=O) groups excluding carboxylic acids is 2. The highest BCUT2D eigenvalue weighted by molar-refractivity contribution is 5.94. The number of nitrogens with two attached hydrogens (primary N) is 1. The van der Waals surface area contributed by atoms with Crippen LogP contribution in [0.25, 0.3) is 22.0 Å². The molecule has 6 nitrogen and oxygen atoms in total. The highest BCUT2D eigenvalue weighted by Crippen LogP contribution is 2.30. The number of amides is 2. The monoisotopic (exact) mass is 542 g/mol. The molecule has 0 fully saturated rings. The molecule has 0 aliphatic rings. The number of fused-ring (bicyclic) bond motifs is 1. The number of pyridine rings is 1. The average molecular weight is 543 g/mol. The Kier molecular flexibility index (Phi) is 7.37. The average Bonchev–Trinajstić information content (AvgIpc) is 3.29. The van der Waals surface area contributed by atoms with E-state index in [2.05, 4.69) is 10.3 Å². The number of halogens is 3. The number of hydrogen-bond acceptors (Lipinski definition) is 3. The van der Waals surface area contributed by atoms with Gasteiger partial charge in [-0.3, -0.25) is 14.6 Å². The van der Waals surface area contributed by atoms with Gasteiger partial charge in [-0.15, -0.1) is 0 Å². The molecule has 5 aromatic rings. The molecule has 2 amide bonds. The summed E-state index contributed by atoms with van der Waals surface area (Å²) in [5.41, 5.74) is 8.64. The van der Waals surface area contributed by atoms with Crippen LogP contribution in [0.5, 0.6) is 0 Å². The molecule has 0 aliphatic carbocycles. The summed E-state index contributed by atoms with van der Waals surface area (Å²) in [6.07, 6.45) is 3.35. The van der Waals surface area contributed by atoms with Crippen LogP contribution in [-0.2, 0) is 17.8 Å². The third kappa shape index (κ3) is 5.73. The number of aromatic nitrogens is 2. The summed E-state index contributed by atoms with van der Waals surface area (Å²) >= 11 is 0. The first-order valence-corrected chi connectivity index (χ1v) is 12.5. The first-order chi connectivity index (χ1) is 19.2.